The highest BCUT2D eigenvalue weighted by molar-refractivity contribution is 9.11. The van der Waals surface area contributed by atoms with Gasteiger partial charge in [0, 0.05) is 22.9 Å². The number of thiophene rings is 1. The number of rotatable bonds is 8. The number of hydrogen-bond acceptors (Lipinski definition) is 4. The SMILES string of the molecule is O=C(COc1ccccc1F)NCCSCc1ccc(Br)s1. The van der Waals surface area contributed by atoms with Crippen LogP contribution in [0.5, 0.6) is 5.75 Å². The molecule has 118 valence electrons. The lowest BCUT2D eigenvalue weighted by Crippen LogP contribution is -2.30. The molecule has 1 heterocycles. The van der Waals surface area contributed by atoms with Gasteiger partial charge in [0.2, 0.25) is 0 Å². The van der Waals surface area contributed by atoms with E-state index in [0.717, 1.165) is 15.3 Å². The zero-order valence-corrected chi connectivity index (χ0v) is 14.9. The summed E-state index contributed by atoms with van der Waals surface area (Å²) >= 11 is 6.89. The van der Waals surface area contributed by atoms with Crippen LogP contribution in [-0.2, 0) is 10.5 Å². The molecule has 1 N–H and O–H groups in total. The third kappa shape index (κ3) is 5.98. The van der Waals surface area contributed by atoms with Gasteiger partial charge >= 0.3 is 0 Å². The Bertz CT molecular complexity index is 621. The van der Waals surface area contributed by atoms with Crippen molar-refractivity contribution in [3.63, 3.8) is 0 Å². The van der Waals surface area contributed by atoms with E-state index in [-0.39, 0.29) is 18.3 Å². The number of amides is 1. The van der Waals surface area contributed by atoms with E-state index in [0.29, 0.717) is 6.54 Å². The Hall–Kier alpha value is -1.05. The molecule has 0 aliphatic heterocycles. The molecular formula is C15H15BrFNO2S2. The van der Waals surface area contributed by atoms with Crippen LogP contribution < -0.4 is 10.1 Å². The molecule has 0 radical (unpaired) electrons. The van der Waals surface area contributed by atoms with Crippen LogP contribution >= 0.6 is 39.0 Å². The van der Waals surface area contributed by atoms with Gasteiger partial charge in [0.15, 0.2) is 18.2 Å². The second kappa shape index (κ2) is 9.17. The van der Waals surface area contributed by atoms with Crippen molar-refractivity contribution in [3.05, 3.63) is 50.9 Å². The number of hydrogen-bond donors (Lipinski definition) is 1. The Morgan fingerprint density at radius 3 is 2.86 bits per heavy atom. The lowest BCUT2D eigenvalue weighted by Gasteiger charge is -2.07. The summed E-state index contributed by atoms with van der Waals surface area (Å²) in [6, 6.07) is 10.1. The summed E-state index contributed by atoms with van der Waals surface area (Å²) in [5, 5.41) is 2.75. The van der Waals surface area contributed by atoms with E-state index < -0.39 is 5.82 Å². The van der Waals surface area contributed by atoms with Crippen LogP contribution in [0, 0.1) is 5.82 Å². The fourth-order valence-electron chi connectivity index (χ4n) is 1.62. The molecule has 0 bridgehead atoms. The minimum atomic E-state index is -0.465. The zero-order chi connectivity index (χ0) is 15.8. The second-order valence-corrected chi connectivity index (χ2v) is 7.98. The van der Waals surface area contributed by atoms with Crippen LogP contribution in [0.3, 0.4) is 0 Å². The monoisotopic (exact) mass is 403 g/mol. The van der Waals surface area contributed by atoms with Crippen molar-refractivity contribution >= 4 is 44.9 Å². The maximum atomic E-state index is 13.3. The summed E-state index contributed by atoms with van der Waals surface area (Å²) in [5.74, 6) is 1.13. The third-order valence-corrected chi connectivity index (χ3v) is 5.45. The van der Waals surface area contributed by atoms with E-state index in [4.69, 9.17) is 4.74 Å². The molecule has 1 amide bonds. The van der Waals surface area contributed by atoms with Gasteiger partial charge in [-0.1, -0.05) is 12.1 Å². The van der Waals surface area contributed by atoms with Crippen molar-refractivity contribution < 1.29 is 13.9 Å². The third-order valence-electron chi connectivity index (χ3n) is 2.64. The number of thioether (sulfide) groups is 1. The molecule has 1 aromatic carbocycles. The molecule has 2 rings (SSSR count). The number of carbonyl (C=O) groups is 1. The minimum absolute atomic E-state index is 0.0929. The molecule has 0 spiro atoms. The Morgan fingerprint density at radius 1 is 1.32 bits per heavy atom. The standard InChI is InChI=1S/C15H15BrFNO2S2/c16-14-6-5-11(22-14)10-21-8-7-18-15(19)9-20-13-4-2-1-3-12(13)17/h1-6H,7-10H2,(H,18,19). The Morgan fingerprint density at radius 2 is 2.14 bits per heavy atom. The molecule has 0 aliphatic rings. The number of nitrogens with one attached hydrogen (secondary N) is 1. The first-order chi connectivity index (χ1) is 10.6. The average Bonchev–Trinajstić information content (AvgIpc) is 2.91. The van der Waals surface area contributed by atoms with Gasteiger partial charge in [-0.05, 0) is 40.2 Å². The predicted molar refractivity (Wildman–Crippen MR) is 93.1 cm³/mol. The summed E-state index contributed by atoms with van der Waals surface area (Å²) in [5.41, 5.74) is 0. The van der Waals surface area contributed by atoms with E-state index in [2.05, 4.69) is 27.3 Å². The normalized spacial score (nSPS) is 10.5. The number of para-hydroxylation sites is 1. The fraction of sp³-hybridized carbons (Fsp3) is 0.267. The number of carbonyl (C=O) groups excluding carboxylic acids is 1. The van der Waals surface area contributed by atoms with Crippen LogP contribution in [0.4, 0.5) is 4.39 Å². The van der Waals surface area contributed by atoms with Gasteiger partial charge in [0.05, 0.1) is 3.79 Å². The van der Waals surface area contributed by atoms with Crippen LogP contribution in [0.15, 0.2) is 40.2 Å². The lowest BCUT2D eigenvalue weighted by atomic mass is 10.3. The van der Waals surface area contributed by atoms with Crippen molar-refractivity contribution in [2.24, 2.45) is 0 Å². The van der Waals surface area contributed by atoms with Gasteiger partial charge in [-0.3, -0.25) is 4.79 Å². The lowest BCUT2D eigenvalue weighted by molar-refractivity contribution is -0.123. The van der Waals surface area contributed by atoms with E-state index in [1.165, 1.54) is 17.0 Å². The highest BCUT2D eigenvalue weighted by atomic mass is 79.9. The molecule has 1 aromatic heterocycles. The molecule has 3 nitrogen and oxygen atoms in total. The summed E-state index contributed by atoms with van der Waals surface area (Å²) < 4.78 is 19.5. The Balaban J connectivity index is 1.57. The van der Waals surface area contributed by atoms with Crippen LogP contribution in [0.1, 0.15) is 4.88 Å². The first-order valence-electron chi connectivity index (χ1n) is 6.61. The van der Waals surface area contributed by atoms with E-state index in [1.54, 1.807) is 35.2 Å². The number of ether oxygens (including phenoxy) is 1. The molecule has 0 fully saturated rings. The summed E-state index contributed by atoms with van der Waals surface area (Å²) in [6.45, 7) is 0.389. The molecule has 0 aliphatic carbocycles. The second-order valence-electron chi connectivity index (χ2n) is 4.33. The maximum absolute atomic E-state index is 13.3. The number of benzene rings is 1. The van der Waals surface area contributed by atoms with E-state index >= 15 is 0 Å². The molecule has 2 aromatic rings. The van der Waals surface area contributed by atoms with Crippen molar-refractivity contribution in [1.29, 1.82) is 0 Å². The smallest absolute Gasteiger partial charge is 0.257 e. The van der Waals surface area contributed by atoms with Gasteiger partial charge in [0.25, 0.3) is 5.91 Å². The van der Waals surface area contributed by atoms with E-state index in [9.17, 15) is 9.18 Å². The highest BCUT2D eigenvalue weighted by Gasteiger charge is 2.05. The van der Waals surface area contributed by atoms with Gasteiger partial charge in [-0.15, -0.1) is 11.3 Å². The van der Waals surface area contributed by atoms with Gasteiger partial charge in [-0.2, -0.15) is 11.8 Å². The van der Waals surface area contributed by atoms with Gasteiger partial charge in [-0.25, -0.2) is 4.39 Å². The van der Waals surface area contributed by atoms with Crippen molar-refractivity contribution in [2.45, 2.75) is 5.75 Å². The molecule has 0 atom stereocenters. The number of halogens is 2. The first-order valence-corrected chi connectivity index (χ1v) is 9.37. The Kier molecular flexibility index (Phi) is 7.21. The quantitative estimate of drug-likeness (QED) is 0.674. The maximum Gasteiger partial charge on any atom is 0.257 e. The molecule has 0 saturated heterocycles. The fourth-order valence-corrected chi connectivity index (χ4v) is 4.07. The van der Waals surface area contributed by atoms with Gasteiger partial charge < -0.3 is 10.1 Å². The minimum Gasteiger partial charge on any atom is -0.481 e. The molecule has 22 heavy (non-hydrogen) atoms. The predicted octanol–water partition coefficient (Wildman–Crippen LogP) is 4.08. The van der Waals surface area contributed by atoms with Crippen molar-refractivity contribution in [1.82, 2.24) is 5.32 Å². The van der Waals surface area contributed by atoms with Crippen LogP contribution in [0.25, 0.3) is 0 Å². The topological polar surface area (TPSA) is 38.3 Å². The van der Waals surface area contributed by atoms with Crippen molar-refractivity contribution in [3.8, 4) is 5.75 Å². The molecular weight excluding hydrogens is 389 g/mol. The average molecular weight is 404 g/mol. The highest BCUT2D eigenvalue weighted by Crippen LogP contribution is 2.25. The van der Waals surface area contributed by atoms with Crippen LogP contribution in [0.2, 0.25) is 0 Å². The van der Waals surface area contributed by atoms with Crippen molar-refractivity contribution in [2.75, 3.05) is 18.9 Å². The Labute approximate surface area is 145 Å². The molecule has 7 heteroatoms. The summed E-state index contributed by atoms with van der Waals surface area (Å²) in [4.78, 5) is 12.9. The zero-order valence-electron chi connectivity index (χ0n) is 11.7. The largest absolute Gasteiger partial charge is 0.481 e. The molecule has 0 unspecified atom stereocenters. The van der Waals surface area contributed by atoms with Gasteiger partial charge in [0.1, 0.15) is 0 Å². The van der Waals surface area contributed by atoms with Crippen LogP contribution in [-0.4, -0.2) is 24.8 Å². The summed E-state index contributed by atoms with van der Waals surface area (Å²) in [7, 11) is 0. The summed E-state index contributed by atoms with van der Waals surface area (Å²) in [6.07, 6.45) is 0. The molecule has 0 saturated carbocycles. The first kappa shape index (κ1) is 17.3. The van der Waals surface area contributed by atoms with E-state index in [1.807, 2.05) is 6.07 Å².